The van der Waals surface area contributed by atoms with Gasteiger partial charge in [-0.2, -0.15) is 5.10 Å². The van der Waals surface area contributed by atoms with E-state index in [1.165, 1.54) is 24.1 Å². The summed E-state index contributed by atoms with van der Waals surface area (Å²) >= 11 is 6.49. The fraction of sp³-hybridized carbons (Fsp3) is 0.190. The molecule has 1 aliphatic heterocycles. The Balaban J connectivity index is 1.77. The smallest absolute Gasteiger partial charge is 0.240 e. The lowest BCUT2D eigenvalue weighted by Gasteiger charge is -2.21. The van der Waals surface area contributed by atoms with E-state index in [-0.39, 0.29) is 17.8 Å². The zero-order chi connectivity index (χ0) is 19.8. The SMILES string of the molecule is COc1cccc2cc([C@H]3CC(c4ccc(F)cc4)=NN3C(C)=O)c(Cl)nc12. The fourth-order valence-electron chi connectivity index (χ4n) is 3.42. The van der Waals surface area contributed by atoms with E-state index in [0.717, 1.165) is 10.9 Å². The van der Waals surface area contributed by atoms with E-state index in [9.17, 15) is 9.18 Å². The van der Waals surface area contributed by atoms with E-state index in [2.05, 4.69) is 10.1 Å². The molecule has 7 heteroatoms. The van der Waals surface area contributed by atoms with Gasteiger partial charge in [0, 0.05) is 24.3 Å². The van der Waals surface area contributed by atoms with Crippen LogP contribution in [0, 0.1) is 5.82 Å². The first-order valence-corrected chi connectivity index (χ1v) is 9.12. The van der Waals surface area contributed by atoms with E-state index in [1.807, 2.05) is 24.3 Å². The second kappa shape index (κ2) is 7.20. The highest BCUT2D eigenvalue weighted by molar-refractivity contribution is 6.30. The molecule has 2 heterocycles. The molecule has 0 radical (unpaired) electrons. The highest BCUT2D eigenvalue weighted by Gasteiger charge is 2.33. The monoisotopic (exact) mass is 397 g/mol. The number of hydrazone groups is 1. The largest absolute Gasteiger partial charge is 0.494 e. The van der Waals surface area contributed by atoms with Crippen molar-refractivity contribution in [2.45, 2.75) is 19.4 Å². The summed E-state index contributed by atoms with van der Waals surface area (Å²) in [4.78, 5) is 16.7. The molecule has 4 rings (SSSR count). The quantitative estimate of drug-likeness (QED) is 0.600. The molecule has 0 aliphatic carbocycles. The van der Waals surface area contributed by atoms with Gasteiger partial charge in [0.2, 0.25) is 5.91 Å². The predicted octanol–water partition coefficient (Wildman–Crippen LogP) is 4.73. The summed E-state index contributed by atoms with van der Waals surface area (Å²) in [6, 6.07) is 13.2. The number of hydrogen-bond donors (Lipinski definition) is 0. The molecule has 1 amide bonds. The second-order valence-corrected chi connectivity index (χ2v) is 6.90. The molecule has 1 atom stereocenters. The minimum absolute atomic E-state index is 0.205. The van der Waals surface area contributed by atoms with Crippen LogP contribution in [0.15, 0.2) is 53.6 Å². The number of aromatic nitrogens is 1. The molecule has 0 spiro atoms. The molecule has 1 aromatic heterocycles. The number of benzene rings is 2. The van der Waals surface area contributed by atoms with Crippen LogP contribution < -0.4 is 4.74 Å². The van der Waals surface area contributed by atoms with Gasteiger partial charge in [0.15, 0.2) is 0 Å². The molecule has 5 nitrogen and oxygen atoms in total. The number of methoxy groups -OCH3 is 1. The van der Waals surface area contributed by atoms with Crippen LogP contribution in [0.1, 0.15) is 30.5 Å². The van der Waals surface area contributed by atoms with Crippen LogP contribution in [0.25, 0.3) is 10.9 Å². The Hall–Kier alpha value is -2.99. The van der Waals surface area contributed by atoms with Crippen molar-refractivity contribution in [1.82, 2.24) is 9.99 Å². The van der Waals surface area contributed by atoms with Gasteiger partial charge in [0.1, 0.15) is 22.2 Å². The van der Waals surface area contributed by atoms with E-state index < -0.39 is 0 Å². The molecular formula is C21H17ClFN3O2. The van der Waals surface area contributed by atoms with Gasteiger partial charge in [-0.05, 0) is 29.8 Å². The Morgan fingerprint density at radius 1 is 1.25 bits per heavy atom. The van der Waals surface area contributed by atoms with Crippen LogP contribution in [0.2, 0.25) is 5.15 Å². The van der Waals surface area contributed by atoms with Crippen LogP contribution in [0.5, 0.6) is 5.75 Å². The maximum absolute atomic E-state index is 13.2. The number of para-hydroxylation sites is 1. The molecule has 3 aromatic rings. The Bertz CT molecular complexity index is 1100. The number of rotatable bonds is 3. The van der Waals surface area contributed by atoms with Crippen molar-refractivity contribution in [3.8, 4) is 5.75 Å². The topological polar surface area (TPSA) is 54.8 Å². The summed E-state index contributed by atoms with van der Waals surface area (Å²) in [5.41, 5.74) is 2.83. The zero-order valence-electron chi connectivity index (χ0n) is 15.3. The van der Waals surface area contributed by atoms with Crippen molar-refractivity contribution in [2.24, 2.45) is 5.10 Å². The van der Waals surface area contributed by atoms with E-state index >= 15 is 0 Å². The van der Waals surface area contributed by atoms with Gasteiger partial charge in [-0.25, -0.2) is 14.4 Å². The average Bonchev–Trinajstić information content (AvgIpc) is 3.13. The summed E-state index contributed by atoms with van der Waals surface area (Å²) in [6.07, 6.45) is 0.460. The molecular weight excluding hydrogens is 381 g/mol. The number of nitrogens with zero attached hydrogens (tertiary/aromatic N) is 3. The van der Waals surface area contributed by atoms with Gasteiger partial charge in [-0.15, -0.1) is 0 Å². The first-order chi connectivity index (χ1) is 13.5. The molecule has 142 valence electrons. The van der Waals surface area contributed by atoms with Gasteiger partial charge in [-0.1, -0.05) is 35.9 Å². The first kappa shape index (κ1) is 18.4. The number of ether oxygens (including phenoxy) is 1. The van der Waals surface area contributed by atoms with Gasteiger partial charge in [0.25, 0.3) is 0 Å². The van der Waals surface area contributed by atoms with Crippen LogP contribution >= 0.6 is 11.6 Å². The predicted molar refractivity (Wildman–Crippen MR) is 106 cm³/mol. The number of amides is 1. The third-order valence-electron chi connectivity index (χ3n) is 4.78. The minimum atomic E-state index is -0.381. The summed E-state index contributed by atoms with van der Waals surface area (Å²) < 4.78 is 18.6. The summed E-state index contributed by atoms with van der Waals surface area (Å²) in [7, 11) is 1.58. The molecule has 0 bridgehead atoms. The number of carbonyl (C=O) groups is 1. The molecule has 0 N–H and O–H groups in total. The van der Waals surface area contributed by atoms with Crippen molar-refractivity contribution < 1.29 is 13.9 Å². The van der Waals surface area contributed by atoms with Crippen LogP contribution in [0.4, 0.5) is 4.39 Å². The summed E-state index contributed by atoms with van der Waals surface area (Å²) in [6.45, 7) is 1.45. The van der Waals surface area contributed by atoms with Crippen LogP contribution in [0.3, 0.4) is 0 Å². The highest BCUT2D eigenvalue weighted by Crippen LogP contribution is 2.38. The lowest BCUT2D eigenvalue weighted by Crippen LogP contribution is -2.24. The molecule has 28 heavy (non-hydrogen) atoms. The van der Waals surface area contributed by atoms with E-state index in [4.69, 9.17) is 16.3 Å². The maximum atomic E-state index is 13.2. The number of pyridine rings is 1. The molecule has 0 saturated carbocycles. The van der Waals surface area contributed by atoms with Crippen molar-refractivity contribution in [2.75, 3.05) is 7.11 Å². The summed E-state index contributed by atoms with van der Waals surface area (Å²) in [5.74, 6) is 0.103. The van der Waals surface area contributed by atoms with E-state index in [1.54, 1.807) is 19.2 Å². The standard InChI is InChI=1S/C21H17ClFN3O2/c1-12(27)26-18(11-17(25-26)13-6-8-15(23)9-7-13)16-10-14-4-3-5-19(28-2)20(14)24-21(16)22/h3-10,18H,11H2,1-2H3/t18-/m1/s1. The van der Waals surface area contributed by atoms with Crippen molar-refractivity contribution in [3.05, 3.63) is 70.6 Å². The number of hydrogen-bond acceptors (Lipinski definition) is 4. The van der Waals surface area contributed by atoms with E-state index in [0.29, 0.717) is 34.1 Å². The number of halogens is 2. The lowest BCUT2D eigenvalue weighted by atomic mass is 9.98. The van der Waals surface area contributed by atoms with Crippen LogP contribution in [-0.4, -0.2) is 28.7 Å². The van der Waals surface area contributed by atoms with Gasteiger partial charge in [-0.3, -0.25) is 4.79 Å². The highest BCUT2D eigenvalue weighted by atomic mass is 35.5. The molecule has 0 unspecified atom stereocenters. The molecule has 2 aromatic carbocycles. The Morgan fingerprint density at radius 2 is 2.00 bits per heavy atom. The van der Waals surface area contributed by atoms with Crippen LogP contribution in [-0.2, 0) is 4.79 Å². The lowest BCUT2D eigenvalue weighted by molar-refractivity contribution is -0.130. The van der Waals surface area contributed by atoms with Gasteiger partial charge in [0.05, 0.1) is 18.9 Å². The van der Waals surface area contributed by atoms with Gasteiger partial charge < -0.3 is 4.74 Å². The number of fused-ring (bicyclic) bond motifs is 1. The average molecular weight is 398 g/mol. The Labute approximate surface area is 166 Å². The number of carbonyl (C=O) groups excluding carboxylic acids is 1. The molecule has 0 fully saturated rings. The Kier molecular flexibility index (Phi) is 4.73. The Morgan fingerprint density at radius 3 is 2.68 bits per heavy atom. The third-order valence-corrected chi connectivity index (χ3v) is 5.08. The minimum Gasteiger partial charge on any atom is -0.494 e. The fourth-order valence-corrected chi connectivity index (χ4v) is 3.69. The first-order valence-electron chi connectivity index (χ1n) is 8.74. The normalized spacial score (nSPS) is 16.4. The van der Waals surface area contributed by atoms with Crippen molar-refractivity contribution in [1.29, 1.82) is 0 Å². The molecule has 1 aliphatic rings. The second-order valence-electron chi connectivity index (χ2n) is 6.54. The van der Waals surface area contributed by atoms with Crippen molar-refractivity contribution >= 4 is 34.1 Å². The maximum Gasteiger partial charge on any atom is 0.240 e. The van der Waals surface area contributed by atoms with Gasteiger partial charge >= 0.3 is 0 Å². The zero-order valence-corrected chi connectivity index (χ0v) is 16.1. The molecule has 0 saturated heterocycles. The summed E-state index contributed by atoms with van der Waals surface area (Å²) in [5, 5.41) is 7.03. The third kappa shape index (κ3) is 3.20. The van der Waals surface area contributed by atoms with Crippen molar-refractivity contribution in [3.63, 3.8) is 0 Å².